The molecule has 2 aliphatic rings. The summed E-state index contributed by atoms with van der Waals surface area (Å²) in [6.07, 6.45) is 2.03. The Balaban J connectivity index is 1.95. The number of amides is 1. The molecule has 0 aromatic heterocycles. The fourth-order valence-electron chi connectivity index (χ4n) is 2.64. The quantitative estimate of drug-likeness (QED) is 0.727. The van der Waals surface area contributed by atoms with Gasteiger partial charge in [-0.1, -0.05) is 0 Å². The van der Waals surface area contributed by atoms with Gasteiger partial charge in [0.25, 0.3) is 0 Å². The molecule has 2 saturated heterocycles. The standard InChI is InChI=1S/C12H23N3O2S/c1-14-4-2-10(3-5-14)15(6-7-16)12(17)11-8-18-9-13-11/h10-11,13,16H,2-9H2,1H3. The highest BCUT2D eigenvalue weighted by atomic mass is 32.2. The molecule has 6 heteroatoms. The van der Waals surface area contributed by atoms with Gasteiger partial charge in [0.1, 0.15) is 0 Å². The maximum atomic E-state index is 12.4. The van der Waals surface area contributed by atoms with Crippen molar-refractivity contribution < 1.29 is 9.90 Å². The zero-order valence-electron chi connectivity index (χ0n) is 11.0. The molecule has 1 atom stereocenters. The number of thioether (sulfide) groups is 1. The van der Waals surface area contributed by atoms with Crippen molar-refractivity contribution in [3.8, 4) is 0 Å². The maximum absolute atomic E-state index is 12.4. The third kappa shape index (κ3) is 3.38. The molecule has 2 fully saturated rings. The first kappa shape index (κ1) is 14.1. The van der Waals surface area contributed by atoms with E-state index in [2.05, 4.69) is 17.3 Å². The van der Waals surface area contributed by atoms with Crippen LogP contribution in [0, 0.1) is 0 Å². The Morgan fingerprint density at radius 1 is 1.50 bits per heavy atom. The van der Waals surface area contributed by atoms with Crippen LogP contribution in [0.5, 0.6) is 0 Å². The summed E-state index contributed by atoms with van der Waals surface area (Å²) < 4.78 is 0. The van der Waals surface area contributed by atoms with Crippen molar-refractivity contribution in [3.05, 3.63) is 0 Å². The molecule has 0 spiro atoms. The fraction of sp³-hybridized carbons (Fsp3) is 0.917. The molecule has 0 aromatic rings. The topological polar surface area (TPSA) is 55.8 Å². The van der Waals surface area contributed by atoms with Gasteiger partial charge in [-0.3, -0.25) is 10.1 Å². The molecule has 0 aliphatic carbocycles. The van der Waals surface area contributed by atoms with Gasteiger partial charge in [-0.25, -0.2) is 0 Å². The van der Waals surface area contributed by atoms with Crippen molar-refractivity contribution >= 4 is 17.7 Å². The van der Waals surface area contributed by atoms with E-state index in [-0.39, 0.29) is 18.6 Å². The number of piperidine rings is 1. The van der Waals surface area contributed by atoms with Crippen LogP contribution in [0.2, 0.25) is 0 Å². The molecule has 2 N–H and O–H groups in total. The molecule has 2 rings (SSSR count). The molecule has 0 saturated carbocycles. The van der Waals surface area contributed by atoms with Gasteiger partial charge >= 0.3 is 0 Å². The number of hydrogen-bond acceptors (Lipinski definition) is 5. The summed E-state index contributed by atoms with van der Waals surface area (Å²) >= 11 is 1.76. The first-order valence-electron chi connectivity index (χ1n) is 6.63. The van der Waals surface area contributed by atoms with Crippen LogP contribution >= 0.6 is 11.8 Å². The highest BCUT2D eigenvalue weighted by molar-refractivity contribution is 7.99. The van der Waals surface area contributed by atoms with Crippen LogP contribution in [-0.4, -0.2) is 77.8 Å². The monoisotopic (exact) mass is 273 g/mol. The molecule has 104 valence electrons. The highest BCUT2D eigenvalue weighted by Crippen LogP contribution is 2.19. The van der Waals surface area contributed by atoms with E-state index in [0.717, 1.165) is 37.6 Å². The molecule has 1 amide bonds. The Bertz CT molecular complexity index is 276. The molecule has 1 unspecified atom stereocenters. The van der Waals surface area contributed by atoms with Gasteiger partial charge in [0.15, 0.2) is 0 Å². The van der Waals surface area contributed by atoms with E-state index in [9.17, 15) is 9.90 Å². The lowest BCUT2D eigenvalue weighted by atomic mass is 10.0. The second-order valence-corrected chi connectivity index (χ2v) is 6.09. The lowest BCUT2D eigenvalue weighted by Gasteiger charge is -2.38. The van der Waals surface area contributed by atoms with Gasteiger partial charge in [-0.15, -0.1) is 11.8 Å². The van der Waals surface area contributed by atoms with Crippen LogP contribution in [0.25, 0.3) is 0 Å². The number of rotatable bonds is 4. The number of nitrogens with one attached hydrogen (secondary N) is 1. The Labute approximate surface area is 113 Å². The lowest BCUT2D eigenvalue weighted by molar-refractivity contribution is -0.136. The average molecular weight is 273 g/mol. The van der Waals surface area contributed by atoms with Crippen LogP contribution in [0.3, 0.4) is 0 Å². The SMILES string of the molecule is CN1CCC(N(CCO)C(=O)C2CSCN2)CC1. The first-order valence-corrected chi connectivity index (χ1v) is 7.79. The van der Waals surface area contributed by atoms with Crippen molar-refractivity contribution in [2.75, 3.05) is 44.9 Å². The van der Waals surface area contributed by atoms with E-state index in [1.807, 2.05) is 4.90 Å². The Morgan fingerprint density at radius 2 is 2.22 bits per heavy atom. The summed E-state index contributed by atoms with van der Waals surface area (Å²) in [6, 6.07) is 0.245. The minimum absolute atomic E-state index is 0.0535. The molecule has 0 radical (unpaired) electrons. The fourth-order valence-corrected chi connectivity index (χ4v) is 3.57. The number of carbonyl (C=O) groups is 1. The maximum Gasteiger partial charge on any atom is 0.240 e. The van der Waals surface area contributed by atoms with E-state index in [4.69, 9.17) is 0 Å². The molecule has 2 aliphatic heterocycles. The predicted molar refractivity (Wildman–Crippen MR) is 73.6 cm³/mol. The van der Waals surface area contributed by atoms with Crippen LogP contribution < -0.4 is 5.32 Å². The molecular weight excluding hydrogens is 250 g/mol. The number of aliphatic hydroxyl groups is 1. The summed E-state index contributed by atoms with van der Waals surface area (Å²) in [5.74, 6) is 1.88. The van der Waals surface area contributed by atoms with Crippen molar-refractivity contribution in [1.82, 2.24) is 15.1 Å². The van der Waals surface area contributed by atoms with E-state index >= 15 is 0 Å². The highest BCUT2D eigenvalue weighted by Gasteiger charge is 2.32. The van der Waals surface area contributed by atoms with Crippen LogP contribution in [0.1, 0.15) is 12.8 Å². The number of hydrogen-bond donors (Lipinski definition) is 2. The predicted octanol–water partition coefficient (Wildman–Crippen LogP) is -0.436. The normalized spacial score (nSPS) is 26.4. The van der Waals surface area contributed by atoms with Gasteiger partial charge in [0.05, 0.1) is 12.6 Å². The molecular formula is C12H23N3O2S. The molecule has 18 heavy (non-hydrogen) atoms. The van der Waals surface area contributed by atoms with Gasteiger partial charge in [-0.05, 0) is 33.0 Å². The Morgan fingerprint density at radius 3 is 2.78 bits per heavy atom. The van der Waals surface area contributed by atoms with Gasteiger partial charge < -0.3 is 14.9 Å². The van der Waals surface area contributed by atoms with E-state index in [0.29, 0.717) is 12.6 Å². The zero-order valence-corrected chi connectivity index (χ0v) is 11.8. The number of likely N-dealkylation sites (tertiary alicyclic amines) is 1. The number of nitrogens with zero attached hydrogens (tertiary/aromatic N) is 2. The first-order chi connectivity index (χ1) is 8.72. The molecule has 0 aromatic carbocycles. The van der Waals surface area contributed by atoms with E-state index in [1.165, 1.54) is 0 Å². The number of carbonyl (C=O) groups excluding carboxylic acids is 1. The lowest BCUT2D eigenvalue weighted by Crippen LogP contribution is -2.53. The smallest absolute Gasteiger partial charge is 0.240 e. The van der Waals surface area contributed by atoms with Crippen LogP contribution in [0.15, 0.2) is 0 Å². The van der Waals surface area contributed by atoms with Crippen molar-refractivity contribution in [3.63, 3.8) is 0 Å². The summed E-state index contributed by atoms with van der Waals surface area (Å²) in [5.41, 5.74) is 0. The second kappa shape index (κ2) is 6.75. The second-order valence-electron chi connectivity index (χ2n) is 5.06. The van der Waals surface area contributed by atoms with Gasteiger partial charge in [0, 0.05) is 24.2 Å². The largest absolute Gasteiger partial charge is 0.395 e. The van der Waals surface area contributed by atoms with E-state index in [1.54, 1.807) is 11.8 Å². The van der Waals surface area contributed by atoms with Crippen LogP contribution in [-0.2, 0) is 4.79 Å². The summed E-state index contributed by atoms with van der Waals surface area (Å²) in [6.45, 7) is 2.59. The number of aliphatic hydroxyl groups excluding tert-OH is 1. The zero-order chi connectivity index (χ0) is 13.0. The average Bonchev–Trinajstić information content (AvgIpc) is 2.90. The third-order valence-corrected chi connectivity index (χ3v) is 4.71. The van der Waals surface area contributed by atoms with Crippen molar-refractivity contribution in [2.45, 2.75) is 24.9 Å². The summed E-state index contributed by atoms with van der Waals surface area (Å²) in [4.78, 5) is 16.6. The minimum Gasteiger partial charge on any atom is -0.395 e. The van der Waals surface area contributed by atoms with Crippen LogP contribution in [0.4, 0.5) is 0 Å². The molecule has 0 bridgehead atoms. The van der Waals surface area contributed by atoms with Crippen molar-refractivity contribution in [1.29, 1.82) is 0 Å². The molecule has 2 heterocycles. The van der Waals surface area contributed by atoms with Gasteiger partial charge in [-0.2, -0.15) is 0 Å². The molecule has 5 nitrogen and oxygen atoms in total. The van der Waals surface area contributed by atoms with Crippen molar-refractivity contribution in [2.24, 2.45) is 0 Å². The minimum atomic E-state index is -0.0544. The third-order valence-electron chi connectivity index (χ3n) is 3.77. The summed E-state index contributed by atoms with van der Waals surface area (Å²) in [5, 5.41) is 12.4. The summed E-state index contributed by atoms with van der Waals surface area (Å²) in [7, 11) is 2.11. The van der Waals surface area contributed by atoms with Gasteiger partial charge in [0.2, 0.25) is 5.91 Å². The Kier molecular flexibility index (Phi) is 5.29. The van der Waals surface area contributed by atoms with E-state index < -0.39 is 0 Å². The Hall–Kier alpha value is -0.300.